The molecule has 1 aliphatic heterocycles. The van der Waals surface area contributed by atoms with E-state index in [0.717, 1.165) is 4.90 Å². The van der Waals surface area contributed by atoms with Gasteiger partial charge in [0.2, 0.25) is 5.78 Å². The van der Waals surface area contributed by atoms with Crippen LogP contribution in [0.5, 0.6) is 0 Å². The van der Waals surface area contributed by atoms with Gasteiger partial charge in [0.1, 0.15) is 5.76 Å². The van der Waals surface area contributed by atoms with Crippen LogP contribution >= 0.6 is 92.8 Å². The van der Waals surface area contributed by atoms with Crippen LogP contribution in [-0.2, 0) is 10.1 Å². The lowest BCUT2D eigenvalue weighted by molar-refractivity contribution is 0.0925. The number of aliphatic hydroxyl groups excluding tert-OH is 1. The van der Waals surface area contributed by atoms with Crippen molar-refractivity contribution in [3.63, 3.8) is 0 Å². The van der Waals surface area contributed by atoms with Gasteiger partial charge in [-0.1, -0.05) is 126 Å². The van der Waals surface area contributed by atoms with Crippen LogP contribution in [0.3, 0.4) is 0 Å². The largest absolute Gasteiger partial charge is 0.506 e. The van der Waals surface area contributed by atoms with Crippen LogP contribution in [-0.4, -0.2) is 46.9 Å². The van der Waals surface area contributed by atoms with Gasteiger partial charge in [0, 0.05) is 5.39 Å². The zero-order valence-corrected chi connectivity index (χ0v) is 28.5. The molecule has 4 aromatic rings. The minimum Gasteiger partial charge on any atom is -0.506 e. The van der Waals surface area contributed by atoms with Gasteiger partial charge in [-0.15, -0.1) is 0 Å². The molecule has 1 aromatic heterocycles. The molecule has 248 valence electrons. The van der Waals surface area contributed by atoms with Crippen molar-refractivity contribution >= 4 is 148 Å². The maximum absolute atomic E-state index is 13.5. The monoisotopic (exact) mass is 818 g/mol. The average Bonchev–Trinajstić information content (AvgIpc) is 3.39. The summed E-state index contributed by atoms with van der Waals surface area (Å²) in [6.07, 6.45) is 0.715. The molecular weight excluding hydrogens is 804 g/mol. The predicted octanol–water partition coefficient (Wildman–Crippen LogP) is 10.7. The predicted molar refractivity (Wildman–Crippen MR) is 191 cm³/mol. The van der Waals surface area contributed by atoms with Gasteiger partial charge in [0.05, 0.1) is 91.2 Å². The SMILES string of the molecule is C.C.CS(=O)(=O)O.O=C1C(c2ccc3cccc(N4C(=O)c5c(Cl)c(Cl)c(Cl)c(Cl)c5C4=O)c3n2)=C(O)c2c(Cl)c(Cl)c(Cl)c(Cl)c21. The third kappa shape index (κ3) is 6.41. The Morgan fingerprint density at radius 2 is 1.09 bits per heavy atom. The first-order chi connectivity index (χ1) is 20.9. The molecule has 0 unspecified atom stereocenters. The van der Waals surface area contributed by atoms with E-state index >= 15 is 0 Å². The number of para-hydroxylation sites is 1. The maximum atomic E-state index is 13.5. The number of anilines is 1. The number of pyridine rings is 1. The second-order valence-corrected chi connectivity index (χ2v) is 13.8. The van der Waals surface area contributed by atoms with Crippen LogP contribution in [0.25, 0.3) is 22.2 Å². The van der Waals surface area contributed by atoms with Crippen LogP contribution in [0.15, 0.2) is 30.3 Å². The van der Waals surface area contributed by atoms with Crippen LogP contribution in [0.2, 0.25) is 40.2 Å². The first-order valence-electron chi connectivity index (χ1n) is 11.8. The number of carbonyl (C=O) groups is 3. The van der Waals surface area contributed by atoms with Crippen LogP contribution in [0.1, 0.15) is 57.2 Å². The third-order valence-corrected chi connectivity index (χ3v) is 10.1. The Labute approximate surface area is 308 Å². The molecule has 6 rings (SSSR count). The summed E-state index contributed by atoms with van der Waals surface area (Å²) in [4.78, 5) is 45.8. The van der Waals surface area contributed by atoms with Gasteiger partial charge in [0.15, 0.2) is 0 Å². The minimum atomic E-state index is -3.67. The quantitative estimate of drug-likeness (QED) is 0.0881. The molecule has 2 N–H and O–H groups in total. The molecule has 0 saturated carbocycles. The Hall–Kier alpha value is -2.35. The number of Topliss-reactive ketones (excluding diaryl/α,β-unsaturated/α-hetero) is 1. The van der Waals surface area contributed by atoms with E-state index < -0.39 is 33.5 Å². The number of nitrogens with zero attached hydrogens (tertiary/aromatic N) is 2. The number of ketones is 1. The third-order valence-electron chi connectivity index (χ3n) is 6.49. The molecule has 0 spiro atoms. The van der Waals surface area contributed by atoms with E-state index in [4.69, 9.17) is 97.4 Å². The molecule has 9 nitrogen and oxygen atoms in total. The van der Waals surface area contributed by atoms with E-state index in [0.29, 0.717) is 11.6 Å². The van der Waals surface area contributed by atoms with Crippen molar-refractivity contribution in [1.29, 1.82) is 0 Å². The fourth-order valence-corrected chi connectivity index (χ4v) is 6.72. The lowest BCUT2D eigenvalue weighted by Gasteiger charge is -2.16. The topological polar surface area (TPSA) is 142 Å². The highest BCUT2D eigenvalue weighted by Crippen LogP contribution is 2.50. The highest BCUT2D eigenvalue weighted by atomic mass is 35.5. The summed E-state index contributed by atoms with van der Waals surface area (Å²) in [7, 11) is -3.67. The second-order valence-electron chi connectivity index (χ2n) is 9.29. The van der Waals surface area contributed by atoms with Crippen molar-refractivity contribution in [3.05, 3.63) is 98.5 Å². The fraction of sp³-hybridized carbons (Fsp3) is 0.103. The summed E-state index contributed by atoms with van der Waals surface area (Å²) in [5, 5.41) is 10.1. The normalized spacial score (nSPS) is 13.7. The summed E-state index contributed by atoms with van der Waals surface area (Å²) in [6, 6.07) is 7.81. The van der Waals surface area contributed by atoms with E-state index in [1.54, 1.807) is 18.2 Å². The number of rotatable bonds is 2. The van der Waals surface area contributed by atoms with E-state index in [1.165, 1.54) is 12.1 Å². The van der Waals surface area contributed by atoms with Gasteiger partial charge < -0.3 is 5.11 Å². The number of hydrogen-bond donors (Lipinski definition) is 2. The number of halogens is 8. The van der Waals surface area contributed by atoms with Gasteiger partial charge in [-0.05, 0) is 12.1 Å². The molecule has 0 saturated heterocycles. The fourth-order valence-electron chi connectivity index (χ4n) is 4.68. The number of amides is 2. The Morgan fingerprint density at radius 3 is 1.55 bits per heavy atom. The van der Waals surface area contributed by atoms with E-state index in [9.17, 15) is 27.9 Å². The second kappa shape index (κ2) is 13.9. The van der Waals surface area contributed by atoms with E-state index in [2.05, 4.69) is 4.98 Å². The first-order valence-corrected chi connectivity index (χ1v) is 16.7. The number of carbonyl (C=O) groups excluding carboxylic acids is 3. The molecule has 1 aliphatic carbocycles. The lowest BCUT2D eigenvalue weighted by Crippen LogP contribution is -2.29. The van der Waals surface area contributed by atoms with E-state index in [1.807, 2.05) is 0 Å². The van der Waals surface area contributed by atoms with Crippen LogP contribution < -0.4 is 4.90 Å². The average molecular weight is 822 g/mol. The molecule has 0 bridgehead atoms. The Morgan fingerprint density at radius 1 is 0.660 bits per heavy atom. The number of fused-ring (bicyclic) bond motifs is 3. The van der Waals surface area contributed by atoms with Gasteiger partial charge in [-0.2, -0.15) is 8.42 Å². The zero-order chi connectivity index (χ0) is 33.4. The maximum Gasteiger partial charge on any atom is 0.267 e. The molecule has 2 aliphatic rings. The molecule has 0 atom stereocenters. The Bertz CT molecular complexity index is 2170. The summed E-state index contributed by atoms with van der Waals surface area (Å²) < 4.78 is 25.9. The number of hydrogen-bond acceptors (Lipinski definition) is 7. The van der Waals surface area contributed by atoms with Gasteiger partial charge >= 0.3 is 0 Å². The summed E-state index contributed by atoms with van der Waals surface area (Å²) >= 11 is 49.7. The Balaban J connectivity index is 0.000000799. The number of imide groups is 1. The van der Waals surface area contributed by atoms with Crippen molar-refractivity contribution in [2.75, 3.05) is 11.2 Å². The molecule has 0 radical (unpaired) electrons. The molecule has 3 aromatic carbocycles. The molecular formula is C29H18Cl8N2O7S. The standard InChI is InChI=1S/C26H6Cl8N2O4.CH4O3S.2CH4/c27-14-10-11(15(28)19(32)18(14)31)24(38)9(23(10)37)7-5-4-6-2-1-3-8(22(6)35-7)36-25(39)12-13(26(36)40)17(30)21(34)20(33)16(12)29;1-5(2,3)4;;/h1-5,37H;1H3,(H,2,3,4);2*1H4. The van der Waals surface area contributed by atoms with Gasteiger partial charge in [0.25, 0.3) is 21.9 Å². The van der Waals surface area contributed by atoms with Crippen molar-refractivity contribution in [2.24, 2.45) is 0 Å². The highest BCUT2D eigenvalue weighted by molar-refractivity contribution is 7.85. The minimum absolute atomic E-state index is 0. The smallest absolute Gasteiger partial charge is 0.267 e. The number of aromatic nitrogens is 1. The van der Waals surface area contributed by atoms with Crippen molar-refractivity contribution in [2.45, 2.75) is 14.9 Å². The van der Waals surface area contributed by atoms with Crippen molar-refractivity contribution in [3.8, 4) is 0 Å². The zero-order valence-electron chi connectivity index (χ0n) is 21.6. The van der Waals surface area contributed by atoms with Crippen LogP contribution in [0, 0.1) is 0 Å². The lowest BCUT2D eigenvalue weighted by atomic mass is 10.0. The molecule has 47 heavy (non-hydrogen) atoms. The van der Waals surface area contributed by atoms with Crippen molar-refractivity contribution < 1.29 is 32.5 Å². The van der Waals surface area contributed by atoms with Crippen LogP contribution in [0.4, 0.5) is 5.69 Å². The Kier molecular flexibility index (Phi) is 11.5. The molecule has 2 amide bonds. The highest BCUT2D eigenvalue weighted by Gasteiger charge is 2.43. The van der Waals surface area contributed by atoms with Gasteiger partial charge in [-0.3, -0.25) is 18.9 Å². The summed E-state index contributed by atoms with van der Waals surface area (Å²) in [5.41, 5.74) is -0.695. The first kappa shape index (κ1) is 39.1. The van der Waals surface area contributed by atoms with Gasteiger partial charge in [-0.25, -0.2) is 9.88 Å². The van der Waals surface area contributed by atoms with E-state index in [-0.39, 0.29) is 99.8 Å². The summed E-state index contributed by atoms with van der Waals surface area (Å²) in [6.45, 7) is 0. The summed E-state index contributed by atoms with van der Waals surface area (Å²) in [5.74, 6) is -2.83. The number of allylic oxidation sites excluding steroid dienone is 1. The molecule has 2 heterocycles. The molecule has 0 fully saturated rings. The van der Waals surface area contributed by atoms with Crippen molar-refractivity contribution in [1.82, 2.24) is 4.98 Å². The number of aliphatic hydroxyl groups is 1. The number of benzene rings is 3. The molecule has 18 heteroatoms.